The van der Waals surface area contributed by atoms with Gasteiger partial charge in [0.25, 0.3) is 10.0 Å². The summed E-state index contributed by atoms with van der Waals surface area (Å²) in [4.78, 5) is 28.6. The van der Waals surface area contributed by atoms with Crippen molar-refractivity contribution in [3.05, 3.63) is 93.5 Å². The highest BCUT2D eigenvalue weighted by Crippen LogP contribution is 2.30. The van der Waals surface area contributed by atoms with E-state index < -0.39 is 34.1 Å². The van der Waals surface area contributed by atoms with Crippen LogP contribution >= 0.6 is 23.2 Å². The van der Waals surface area contributed by atoms with Crippen molar-refractivity contribution < 1.29 is 18.0 Å². The first-order valence-electron chi connectivity index (χ1n) is 12.8. The SMILES string of the molecule is Cc1ccc(S(=O)(=O)N(CC(=O)N(Cc2ccccc2Cl)[C@@H](C)C(=O)NC(C)(C)C)c2ccc(Cl)cc2C)cc1. The summed E-state index contributed by atoms with van der Waals surface area (Å²) in [5.41, 5.74) is 1.87. The van der Waals surface area contributed by atoms with Crippen molar-refractivity contribution in [2.75, 3.05) is 10.8 Å². The molecule has 40 heavy (non-hydrogen) atoms. The van der Waals surface area contributed by atoms with Crippen LogP contribution < -0.4 is 9.62 Å². The van der Waals surface area contributed by atoms with Crippen molar-refractivity contribution in [2.24, 2.45) is 0 Å². The van der Waals surface area contributed by atoms with Gasteiger partial charge in [0.1, 0.15) is 12.6 Å². The molecule has 0 spiro atoms. The topological polar surface area (TPSA) is 86.8 Å². The fourth-order valence-corrected chi connectivity index (χ4v) is 6.02. The molecule has 2 amide bonds. The highest BCUT2D eigenvalue weighted by molar-refractivity contribution is 7.92. The quantitative estimate of drug-likeness (QED) is 0.318. The fourth-order valence-electron chi connectivity index (χ4n) is 4.12. The molecule has 0 radical (unpaired) electrons. The summed E-state index contributed by atoms with van der Waals surface area (Å²) < 4.78 is 29.0. The van der Waals surface area contributed by atoms with Gasteiger partial charge in [0.2, 0.25) is 11.8 Å². The van der Waals surface area contributed by atoms with Gasteiger partial charge >= 0.3 is 0 Å². The first kappa shape index (κ1) is 31.5. The van der Waals surface area contributed by atoms with E-state index in [0.717, 1.165) is 9.87 Å². The highest BCUT2D eigenvalue weighted by Gasteiger charge is 2.34. The minimum absolute atomic E-state index is 0.00918. The maximum atomic E-state index is 14.0. The number of benzene rings is 3. The van der Waals surface area contributed by atoms with Gasteiger partial charge in [0.05, 0.1) is 10.6 Å². The maximum absolute atomic E-state index is 14.0. The van der Waals surface area contributed by atoms with Crippen molar-refractivity contribution in [1.82, 2.24) is 10.2 Å². The van der Waals surface area contributed by atoms with Crippen LogP contribution in [-0.4, -0.2) is 43.3 Å². The zero-order valence-corrected chi connectivity index (χ0v) is 25.9. The number of amides is 2. The number of rotatable bonds is 9. The summed E-state index contributed by atoms with van der Waals surface area (Å²) in [6.45, 7) is 10.2. The molecule has 0 bridgehead atoms. The third-order valence-electron chi connectivity index (χ3n) is 6.28. The lowest BCUT2D eigenvalue weighted by molar-refractivity contribution is -0.140. The van der Waals surface area contributed by atoms with E-state index in [9.17, 15) is 18.0 Å². The number of nitrogens with zero attached hydrogens (tertiary/aromatic N) is 2. The maximum Gasteiger partial charge on any atom is 0.264 e. The Balaban J connectivity index is 2.08. The Labute approximate surface area is 247 Å². The summed E-state index contributed by atoms with van der Waals surface area (Å²) in [7, 11) is -4.17. The summed E-state index contributed by atoms with van der Waals surface area (Å²) in [5.74, 6) is -0.940. The van der Waals surface area contributed by atoms with Crippen LogP contribution in [0.25, 0.3) is 0 Å². The molecule has 0 unspecified atom stereocenters. The van der Waals surface area contributed by atoms with E-state index in [1.807, 2.05) is 27.7 Å². The lowest BCUT2D eigenvalue weighted by atomic mass is 10.1. The molecule has 1 atom stereocenters. The Morgan fingerprint density at radius 3 is 2.15 bits per heavy atom. The number of hydrogen-bond acceptors (Lipinski definition) is 4. The highest BCUT2D eigenvalue weighted by atomic mass is 35.5. The Kier molecular flexibility index (Phi) is 9.93. The second-order valence-corrected chi connectivity index (χ2v) is 13.5. The van der Waals surface area contributed by atoms with Crippen LogP contribution in [0.5, 0.6) is 0 Å². The molecule has 214 valence electrons. The summed E-state index contributed by atoms with van der Waals surface area (Å²) in [6, 6.07) is 17.3. The summed E-state index contributed by atoms with van der Waals surface area (Å²) in [5, 5.41) is 3.77. The van der Waals surface area contributed by atoms with Gasteiger partial charge in [-0.3, -0.25) is 13.9 Å². The Morgan fingerprint density at radius 1 is 0.950 bits per heavy atom. The van der Waals surface area contributed by atoms with Crippen LogP contribution in [0, 0.1) is 13.8 Å². The summed E-state index contributed by atoms with van der Waals surface area (Å²) in [6.07, 6.45) is 0. The lowest BCUT2D eigenvalue weighted by Gasteiger charge is -2.34. The molecule has 0 heterocycles. The van der Waals surface area contributed by atoms with E-state index in [4.69, 9.17) is 23.2 Å². The first-order chi connectivity index (χ1) is 18.6. The molecule has 3 aromatic carbocycles. The van der Waals surface area contributed by atoms with E-state index in [2.05, 4.69) is 5.32 Å². The predicted molar refractivity (Wildman–Crippen MR) is 161 cm³/mol. The fraction of sp³-hybridized carbons (Fsp3) is 0.333. The van der Waals surface area contributed by atoms with E-state index in [1.165, 1.54) is 17.0 Å². The van der Waals surface area contributed by atoms with Gasteiger partial charge in [-0.25, -0.2) is 8.42 Å². The van der Waals surface area contributed by atoms with E-state index in [1.54, 1.807) is 68.4 Å². The minimum Gasteiger partial charge on any atom is -0.350 e. The monoisotopic (exact) mass is 603 g/mol. The van der Waals surface area contributed by atoms with Crippen LogP contribution in [0.1, 0.15) is 44.4 Å². The molecule has 3 aromatic rings. The van der Waals surface area contributed by atoms with Crippen molar-refractivity contribution in [3.63, 3.8) is 0 Å². The molecule has 3 rings (SSSR count). The standard InChI is InChI=1S/C30H35Cl2N3O4S/c1-20-11-14-25(15-12-20)40(38,39)35(27-16-13-24(31)17-21(27)2)19-28(36)34(18-23-9-7-8-10-26(23)32)22(3)29(37)33-30(4,5)6/h7-17,22H,18-19H2,1-6H3,(H,33,37)/t22-/m0/s1. The predicted octanol–water partition coefficient (Wildman–Crippen LogP) is 6.14. The Hall–Kier alpha value is -3.07. The van der Waals surface area contributed by atoms with Gasteiger partial charge in [-0.2, -0.15) is 0 Å². The number of carbonyl (C=O) groups excluding carboxylic acids is 2. The normalized spacial score (nSPS) is 12.5. The largest absolute Gasteiger partial charge is 0.350 e. The average Bonchev–Trinajstić information content (AvgIpc) is 2.86. The molecule has 0 saturated carbocycles. The molecule has 0 fully saturated rings. The number of carbonyl (C=O) groups is 2. The molecule has 7 nitrogen and oxygen atoms in total. The van der Waals surface area contributed by atoms with Gasteiger partial charge < -0.3 is 10.2 Å². The Morgan fingerprint density at radius 2 is 1.57 bits per heavy atom. The number of anilines is 1. The van der Waals surface area contributed by atoms with Crippen molar-refractivity contribution in [1.29, 1.82) is 0 Å². The summed E-state index contributed by atoms with van der Waals surface area (Å²) >= 11 is 12.6. The average molecular weight is 605 g/mol. The lowest BCUT2D eigenvalue weighted by Crippen LogP contribution is -2.54. The van der Waals surface area contributed by atoms with E-state index in [0.29, 0.717) is 26.9 Å². The van der Waals surface area contributed by atoms with Crippen LogP contribution in [-0.2, 0) is 26.2 Å². The van der Waals surface area contributed by atoms with Gasteiger partial charge in [0, 0.05) is 22.1 Å². The third kappa shape index (κ3) is 7.77. The zero-order chi connectivity index (χ0) is 29.8. The van der Waals surface area contributed by atoms with Crippen molar-refractivity contribution in [3.8, 4) is 0 Å². The van der Waals surface area contributed by atoms with Crippen molar-refractivity contribution >= 4 is 50.7 Å². The first-order valence-corrected chi connectivity index (χ1v) is 15.0. The number of aryl methyl sites for hydroxylation is 2. The van der Waals surface area contributed by atoms with Crippen LogP contribution in [0.4, 0.5) is 5.69 Å². The molecular weight excluding hydrogens is 569 g/mol. The zero-order valence-electron chi connectivity index (χ0n) is 23.5. The van der Waals surface area contributed by atoms with Gasteiger partial charge in [0.15, 0.2) is 0 Å². The molecule has 0 aliphatic heterocycles. The van der Waals surface area contributed by atoms with E-state index >= 15 is 0 Å². The number of sulfonamides is 1. The Bertz CT molecular complexity index is 1490. The minimum atomic E-state index is -4.17. The van der Waals surface area contributed by atoms with Gasteiger partial charge in [-0.05, 0) is 89.1 Å². The molecule has 0 aliphatic carbocycles. The van der Waals surface area contributed by atoms with E-state index in [-0.39, 0.29) is 17.3 Å². The molecule has 0 saturated heterocycles. The van der Waals surface area contributed by atoms with Gasteiger partial charge in [-0.1, -0.05) is 59.1 Å². The van der Waals surface area contributed by atoms with Crippen LogP contribution in [0.3, 0.4) is 0 Å². The second kappa shape index (κ2) is 12.6. The number of hydrogen-bond donors (Lipinski definition) is 1. The number of nitrogens with one attached hydrogen (secondary N) is 1. The second-order valence-electron chi connectivity index (χ2n) is 10.8. The molecule has 0 aromatic heterocycles. The third-order valence-corrected chi connectivity index (χ3v) is 8.66. The smallest absolute Gasteiger partial charge is 0.264 e. The number of halogens is 2. The molecule has 1 N–H and O–H groups in total. The molecule has 0 aliphatic rings. The molecule has 10 heteroatoms. The van der Waals surface area contributed by atoms with Crippen molar-refractivity contribution in [2.45, 2.75) is 64.6 Å². The van der Waals surface area contributed by atoms with Crippen LogP contribution in [0.2, 0.25) is 10.0 Å². The van der Waals surface area contributed by atoms with Gasteiger partial charge in [-0.15, -0.1) is 0 Å². The molecular formula is C30H35Cl2N3O4S. The van der Waals surface area contributed by atoms with Crippen LogP contribution in [0.15, 0.2) is 71.6 Å².